The number of piperazine rings is 1. The van der Waals surface area contributed by atoms with E-state index in [-0.39, 0.29) is 0 Å². The molecule has 4 heteroatoms. The molecule has 21 heavy (non-hydrogen) atoms. The van der Waals surface area contributed by atoms with Gasteiger partial charge in [0.1, 0.15) is 11.5 Å². The summed E-state index contributed by atoms with van der Waals surface area (Å²) in [7, 11) is 0. The predicted molar refractivity (Wildman–Crippen MR) is 85.6 cm³/mol. The Hall–Kier alpha value is -1.42. The van der Waals surface area contributed by atoms with Crippen molar-refractivity contribution in [3.8, 4) is 11.5 Å². The van der Waals surface area contributed by atoms with E-state index in [9.17, 15) is 0 Å². The number of nitrogens with zero attached hydrogens (tertiary/aromatic N) is 2. The van der Waals surface area contributed by atoms with Crippen molar-refractivity contribution in [2.45, 2.75) is 32.7 Å². The average molecular weight is 290 g/mol. The Labute approximate surface area is 127 Å². The smallest absolute Gasteiger partial charge is 0.142 e. The summed E-state index contributed by atoms with van der Waals surface area (Å²) >= 11 is 0. The Morgan fingerprint density at radius 1 is 1.10 bits per heavy atom. The lowest BCUT2D eigenvalue weighted by Crippen LogP contribution is -2.50. The monoisotopic (exact) mass is 290 g/mol. The molecular formula is C17H26N2O2. The van der Waals surface area contributed by atoms with Gasteiger partial charge < -0.3 is 14.4 Å². The number of fused-ring (bicyclic) bond motifs is 1. The second-order valence-electron chi connectivity index (χ2n) is 5.77. The quantitative estimate of drug-likeness (QED) is 0.832. The molecule has 0 spiro atoms. The zero-order valence-corrected chi connectivity index (χ0v) is 13.2. The van der Waals surface area contributed by atoms with Gasteiger partial charge in [-0.1, -0.05) is 0 Å². The van der Waals surface area contributed by atoms with Gasteiger partial charge in [0.2, 0.25) is 0 Å². The van der Waals surface area contributed by atoms with Gasteiger partial charge in [0, 0.05) is 31.7 Å². The van der Waals surface area contributed by atoms with E-state index in [0.717, 1.165) is 31.1 Å². The zero-order chi connectivity index (χ0) is 14.7. The van der Waals surface area contributed by atoms with Crippen LogP contribution in [0.2, 0.25) is 0 Å². The molecule has 0 amide bonds. The van der Waals surface area contributed by atoms with Crippen molar-refractivity contribution >= 4 is 5.69 Å². The van der Waals surface area contributed by atoms with E-state index in [2.05, 4.69) is 15.9 Å². The molecule has 0 aliphatic carbocycles. The predicted octanol–water partition coefficient (Wildman–Crippen LogP) is 2.77. The van der Waals surface area contributed by atoms with E-state index in [4.69, 9.17) is 9.47 Å². The molecule has 1 aromatic rings. The lowest BCUT2D eigenvalue weighted by atomic mass is 10.1. The van der Waals surface area contributed by atoms with Crippen LogP contribution in [0.1, 0.15) is 26.7 Å². The third kappa shape index (κ3) is 3.10. The fourth-order valence-corrected chi connectivity index (χ4v) is 3.49. The van der Waals surface area contributed by atoms with E-state index in [1.165, 1.54) is 25.1 Å². The number of benzene rings is 1. The van der Waals surface area contributed by atoms with E-state index in [1.807, 2.05) is 26.0 Å². The zero-order valence-electron chi connectivity index (χ0n) is 13.2. The standard InChI is InChI=1S/C17H26N2O2/c1-3-20-15-7-8-17(21-4-2)16(12-15)19-11-10-18-9-5-6-14(18)13-19/h7-8,12,14H,3-6,9-11,13H2,1-2H3. The van der Waals surface area contributed by atoms with Crippen molar-refractivity contribution in [2.75, 3.05) is 44.3 Å². The fraction of sp³-hybridized carbons (Fsp3) is 0.647. The van der Waals surface area contributed by atoms with Gasteiger partial charge in [-0.05, 0) is 45.4 Å². The van der Waals surface area contributed by atoms with Gasteiger partial charge >= 0.3 is 0 Å². The Bertz CT molecular complexity index is 478. The lowest BCUT2D eigenvalue weighted by Gasteiger charge is -2.39. The van der Waals surface area contributed by atoms with Gasteiger partial charge in [0.15, 0.2) is 0 Å². The van der Waals surface area contributed by atoms with Crippen LogP contribution >= 0.6 is 0 Å². The molecule has 1 unspecified atom stereocenters. The minimum Gasteiger partial charge on any atom is -0.494 e. The molecule has 0 aromatic heterocycles. The van der Waals surface area contributed by atoms with Crippen LogP contribution in [0.25, 0.3) is 0 Å². The summed E-state index contributed by atoms with van der Waals surface area (Å²) in [5, 5.41) is 0. The first kappa shape index (κ1) is 14.5. The van der Waals surface area contributed by atoms with Gasteiger partial charge in [0.25, 0.3) is 0 Å². The highest BCUT2D eigenvalue weighted by Gasteiger charge is 2.31. The van der Waals surface area contributed by atoms with E-state index in [1.54, 1.807) is 0 Å². The SMILES string of the molecule is CCOc1ccc(OCC)c(N2CCN3CCCC3C2)c1. The van der Waals surface area contributed by atoms with Crippen LogP contribution in [0.3, 0.4) is 0 Å². The maximum Gasteiger partial charge on any atom is 0.142 e. The van der Waals surface area contributed by atoms with Crippen LogP contribution in [-0.2, 0) is 0 Å². The first-order valence-corrected chi connectivity index (χ1v) is 8.20. The van der Waals surface area contributed by atoms with Gasteiger partial charge in [-0.25, -0.2) is 0 Å². The number of hydrogen-bond acceptors (Lipinski definition) is 4. The fourth-order valence-electron chi connectivity index (χ4n) is 3.49. The van der Waals surface area contributed by atoms with Crippen molar-refractivity contribution in [1.82, 2.24) is 4.90 Å². The van der Waals surface area contributed by atoms with E-state index < -0.39 is 0 Å². The molecule has 0 radical (unpaired) electrons. The van der Waals surface area contributed by atoms with Crippen molar-refractivity contribution in [3.05, 3.63) is 18.2 Å². The number of rotatable bonds is 5. The van der Waals surface area contributed by atoms with Crippen LogP contribution in [0.4, 0.5) is 5.69 Å². The molecule has 2 aliphatic heterocycles. The topological polar surface area (TPSA) is 24.9 Å². The van der Waals surface area contributed by atoms with Crippen molar-refractivity contribution < 1.29 is 9.47 Å². The van der Waals surface area contributed by atoms with Crippen LogP contribution in [-0.4, -0.2) is 50.3 Å². The molecule has 1 aromatic carbocycles. The number of anilines is 1. The molecule has 0 saturated carbocycles. The third-order valence-corrected chi connectivity index (χ3v) is 4.47. The average Bonchev–Trinajstić information content (AvgIpc) is 2.97. The Kier molecular flexibility index (Phi) is 4.54. The summed E-state index contributed by atoms with van der Waals surface area (Å²) in [6.07, 6.45) is 2.67. The molecule has 2 heterocycles. The van der Waals surface area contributed by atoms with Crippen LogP contribution in [0, 0.1) is 0 Å². The highest BCUT2D eigenvalue weighted by molar-refractivity contribution is 5.62. The van der Waals surface area contributed by atoms with Crippen LogP contribution in [0.15, 0.2) is 18.2 Å². The van der Waals surface area contributed by atoms with Crippen LogP contribution < -0.4 is 14.4 Å². The molecule has 2 aliphatic rings. The first-order chi connectivity index (χ1) is 10.3. The molecule has 4 nitrogen and oxygen atoms in total. The lowest BCUT2D eigenvalue weighted by molar-refractivity contribution is 0.229. The van der Waals surface area contributed by atoms with Crippen LogP contribution in [0.5, 0.6) is 11.5 Å². The molecule has 1 atom stereocenters. The van der Waals surface area contributed by atoms with Gasteiger partial charge in [-0.15, -0.1) is 0 Å². The van der Waals surface area contributed by atoms with Crippen molar-refractivity contribution in [1.29, 1.82) is 0 Å². The highest BCUT2D eigenvalue weighted by atomic mass is 16.5. The normalized spacial score (nSPS) is 22.2. The third-order valence-electron chi connectivity index (χ3n) is 4.47. The summed E-state index contributed by atoms with van der Waals surface area (Å²) in [5.41, 5.74) is 1.19. The molecule has 0 bridgehead atoms. The largest absolute Gasteiger partial charge is 0.494 e. The maximum atomic E-state index is 5.82. The first-order valence-electron chi connectivity index (χ1n) is 8.20. The molecule has 3 rings (SSSR count). The minimum absolute atomic E-state index is 0.698. The molecule has 0 N–H and O–H groups in total. The van der Waals surface area contributed by atoms with Crippen molar-refractivity contribution in [3.63, 3.8) is 0 Å². The highest BCUT2D eigenvalue weighted by Crippen LogP contribution is 2.35. The second-order valence-corrected chi connectivity index (χ2v) is 5.77. The van der Waals surface area contributed by atoms with E-state index >= 15 is 0 Å². The molecule has 116 valence electrons. The molecular weight excluding hydrogens is 264 g/mol. The molecule has 2 saturated heterocycles. The summed E-state index contributed by atoms with van der Waals surface area (Å²) in [5.74, 6) is 1.91. The van der Waals surface area contributed by atoms with Crippen molar-refractivity contribution in [2.24, 2.45) is 0 Å². The van der Waals surface area contributed by atoms with E-state index in [0.29, 0.717) is 19.3 Å². The summed E-state index contributed by atoms with van der Waals surface area (Å²) < 4.78 is 11.5. The van der Waals surface area contributed by atoms with Gasteiger partial charge in [-0.3, -0.25) is 4.90 Å². The number of hydrogen-bond donors (Lipinski definition) is 0. The summed E-state index contributed by atoms with van der Waals surface area (Å²) in [4.78, 5) is 5.10. The van der Waals surface area contributed by atoms with Gasteiger partial charge in [0.05, 0.1) is 18.9 Å². The van der Waals surface area contributed by atoms with Gasteiger partial charge in [-0.2, -0.15) is 0 Å². The Morgan fingerprint density at radius 2 is 1.95 bits per heavy atom. The second kappa shape index (κ2) is 6.56. The Balaban J connectivity index is 1.82. The Morgan fingerprint density at radius 3 is 2.76 bits per heavy atom. The molecule has 2 fully saturated rings. The summed E-state index contributed by atoms with van der Waals surface area (Å²) in [6.45, 7) is 10.1. The number of ether oxygens (including phenoxy) is 2. The summed E-state index contributed by atoms with van der Waals surface area (Å²) in [6, 6.07) is 6.90. The minimum atomic E-state index is 0.698. The maximum absolute atomic E-state index is 5.82.